The lowest BCUT2D eigenvalue weighted by Crippen LogP contribution is -2.18. The smallest absolute Gasteiger partial charge is 0.136 e. The quantitative estimate of drug-likeness (QED) is 0.183. The van der Waals surface area contributed by atoms with Gasteiger partial charge in [0.2, 0.25) is 0 Å². The Hall–Kier alpha value is -0.270. The number of halogens is 1. The molecule has 0 aliphatic rings. The molecular formula is C20H28IN2OP3. The third-order valence-electron chi connectivity index (χ3n) is 3.96. The molecule has 0 saturated carbocycles. The lowest BCUT2D eigenvalue weighted by atomic mass is 9.98. The summed E-state index contributed by atoms with van der Waals surface area (Å²) >= 11 is 2.35. The van der Waals surface area contributed by atoms with Crippen LogP contribution in [0.4, 0.5) is 0 Å². The molecule has 0 radical (unpaired) electrons. The number of ether oxygens (including phenoxy) is 1. The van der Waals surface area contributed by atoms with Gasteiger partial charge in [-0.05, 0) is 56.0 Å². The summed E-state index contributed by atoms with van der Waals surface area (Å²) in [5.74, 6) is 1.83. The van der Waals surface area contributed by atoms with Crippen molar-refractivity contribution in [1.29, 1.82) is 0 Å². The van der Waals surface area contributed by atoms with Crippen LogP contribution in [-0.2, 0) is 9.32 Å². The average Bonchev–Trinajstić information content (AvgIpc) is 2.92. The fourth-order valence-electron chi connectivity index (χ4n) is 2.78. The number of alkyl halides is 1. The number of hydrogen-bond acceptors (Lipinski definition) is 2. The van der Waals surface area contributed by atoms with Gasteiger partial charge in [0.05, 0.1) is 0 Å². The van der Waals surface area contributed by atoms with Crippen molar-refractivity contribution in [2.24, 2.45) is 0 Å². The van der Waals surface area contributed by atoms with Gasteiger partial charge in [0.15, 0.2) is 0 Å². The first-order chi connectivity index (χ1) is 12.5. The standard InChI is InChI=1S/C20H28IN2OP3/c1-6-14-10-16(24-19(4,5)25)8-9-17(14)15(7-2)12-23-13(3)11-22-18(23)20(21,26)27/h7-12H,2,6,25-27H2,1,3-5H3/b15-12+. The molecule has 1 aromatic heterocycles. The van der Waals surface area contributed by atoms with Crippen molar-refractivity contribution in [3.63, 3.8) is 0 Å². The number of allylic oxidation sites excluding steroid dienone is 2. The van der Waals surface area contributed by atoms with Gasteiger partial charge >= 0.3 is 0 Å². The summed E-state index contributed by atoms with van der Waals surface area (Å²) < 4.78 is 7.89. The number of imidazole rings is 1. The van der Waals surface area contributed by atoms with Crippen molar-refractivity contribution >= 4 is 62.1 Å². The number of aryl methyl sites for hydroxylation is 2. The molecule has 0 fully saturated rings. The highest BCUT2D eigenvalue weighted by atomic mass is 127. The van der Waals surface area contributed by atoms with E-state index in [1.807, 2.05) is 32.2 Å². The molecule has 146 valence electrons. The van der Waals surface area contributed by atoms with Gasteiger partial charge in [0.25, 0.3) is 0 Å². The second-order valence-corrected chi connectivity index (χ2v) is 15.0. The second-order valence-electron chi connectivity index (χ2n) is 7.03. The van der Waals surface area contributed by atoms with Gasteiger partial charge in [-0.2, -0.15) is 0 Å². The molecule has 3 nitrogen and oxygen atoms in total. The zero-order chi connectivity index (χ0) is 20.4. The molecule has 0 aliphatic heterocycles. The van der Waals surface area contributed by atoms with Gasteiger partial charge in [0, 0.05) is 18.1 Å². The van der Waals surface area contributed by atoms with Crippen molar-refractivity contribution in [1.82, 2.24) is 9.55 Å². The number of rotatable bonds is 7. The summed E-state index contributed by atoms with van der Waals surface area (Å²) in [6.07, 6.45) is 6.82. The van der Waals surface area contributed by atoms with Crippen LogP contribution in [0.15, 0.2) is 37.1 Å². The van der Waals surface area contributed by atoms with Gasteiger partial charge < -0.3 is 9.30 Å². The van der Waals surface area contributed by atoms with Crippen LogP contribution in [0.2, 0.25) is 0 Å². The van der Waals surface area contributed by atoms with E-state index < -0.39 is 0 Å². The third kappa shape index (κ3) is 6.10. The van der Waals surface area contributed by atoms with Gasteiger partial charge in [-0.3, -0.25) is 0 Å². The molecule has 0 saturated heterocycles. The Labute approximate surface area is 183 Å². The van der Waals surface area contributed by atoms with Crippen LogP contribution in [0.25, 0.3) is 11.8 Å². The molecule has 1 heterocycles. The molecule has 1 aromatic carbocycles. The van der Waals surface area contributed by atoms with Crippen molar-refractivity contribution in [2.45, 2.75) is 42.4 Å². The van der Waals surface area contributed by atoms with Gasteiger partial charge in [0.1, 0.15) is 19.8 Å². The minimum atomic E-state index is -0.298. The van der Waals surface area contributed by atoms with E-state index in [0.717, 1.165) is 34.8 Å². The van der Waals surface area contributed by atoms with E-state index in [9.17, 15) is 0 Å². The molecular weight excluding hydrogens is 504 g/mol. The van der Waals surface area contributed by atoms with Crippen LogP contribution in [-0.4, -0.2) is 14.9 Å². The minimum Gasteiger partial charge on any atom is -0.484 e. The fourth-order valence-corrected chi connectivity index (χ4v) is 3.74. The highest BCUT2D eigenvalue weighted by Crippen LogP contribution is 2.45. The van der Waals surface area contributed by atoms with Crippen LogP contribution in [0.5, 0.6) is 5.75 Å². The van der Waals surface area contributed by atoms with E-state index in [0.29, 0.717) is 0 Å². The van der Waals surface area contributed by atoms with Crippen LogP contribution < -0.4 is 4.74 Å². The SMILES string of the molecule is C=C/C(=C\n1c(C)cnc1C(P)(P)I)c1ccc(OC(C)(C)P)cc1CC. The highest BCUT2D eigenvalue weighted by Gasteiger charge is 2.23. The van der Waals surface area contributed by atoms with Crippen LogP contribution in [0.3, 0.4) is 0 Å². The molecule has 3 unspecified atom stereocenters. The molecule has 0 bridgehead atoms. The van der Waals surface area contributed by atoms with Crippen molar-refractivity contribution in [3.8, 4) is 5.75 Å². The van der Waals surface area contributed by atoms with E-state index in [1.54, 1.807) is 0 Å². The van der Waals surface area contributed by atoms with Gasteiger partial charge in [-0.1, -0.05) is 57.5 Å². The fraction of sp³-hybridized carbons (Fsp3) is 0.350. The largest absolute Gasteiger partial charge is 0.484 e. The zero-order valence-corrected chi connectivity index (χ0v) is 21.9. The maximum Gasteiger partial charge on any atom is 0.136 e. The topological polar surface area (TPSA) is 27.1 Å². The average molecular weight is 532 g/mol. The summed E-state index contributed by atoms with van der Waals surface area (Å²) in [4.78, 5) is 4.58. The molecule has 0 spiro atoms. The molecule has 0 amide bonds. The van der Waals surface area contributed by atoms with Gasteiger partial charge in [-0.15, -0.1) is 18.5 Å². The Balaban J connectivity index is 2.54. The van der Waals surface area contributed by atoms with E-state index in [1.165, 1.54) is 5.56 Å². The molecule has 0 N–H and O–H groups in total. The predicted octanol–water partition coefficient (Wildman–Crippen LogP) is 6.22. The maximum absolute atomic E-state index is 6.00. The summed E-state index contributed by atoms with van der Waals surface area (Å²) in [5.41, 5.74) is 4.52. The Morgan fingerprint density at radius 3 is 2.52 bits per heavy atom. The van der Waals surface area contributed by atoms with E-state index in [4.69, 9.17) is 4.74 Å². The Kier molecular flexibility index (Phi) is 7.70. The second kappa shape index (κ2) is 9.04. The predicted molar refractivity (Wildman–Crippen MR) is 137 cm³/mol. The Bertz CT molecular complexity index is 861. The molecule has 27 heavy (non-hydrogen) atoms. The van der Waals surface area contributed by atoms with E-state index in [-0.39, 0.29) is 8.25 Å². The normalized spacial score (nSPS) is 13.0. The first-order valence-electron chi connectivity index (χ1n) is 8.72. The molecule has 2 aromatic rings. The number of hydrogen-bond donors (Lipinski definition) is 0. The number of aromatic nitrogens is 2. The molecule has 2 rings (SSSR count). The van der Waals surface area contributed by atoms with Crippen molar-refractivity contribution in [3.05, 3.63) is 59.7 Å². The summed E-state index contributed by atoms with van der Waals surface area (Å²) in [6, 6.07) is 6.25. The highest BCUT2D eigenvalue weighted by molar-refractivity contribution is 14.1. The summed E-state index contributed by atoms with van der Waals surface area (Å²) in [7, 11) is 8.35. The molecule has 0 aliphatic carbocycles. The lowest BCUT2D eigenvalue weighted by molar-refractivity contribution is 0.206. The zero-order valence-electron chi connectivity index (χ0n) is 16.3. The monoisotopic (exact) mass is 532 g/mol. The van der Waals surface area contributed by atoms with Crippen LogP contribution in [0, 0.1) is 6.92 Å². The van der Waals surface area contributed by atoms with Gasteiger partial charge in [-0.25, -0.2) is 4.98 Å². The Morgan fingerprint density at radius 1 is 1.33 bits per heavy atom. The van der Waals surface area contributed by atoms with E-state index >= 15 is 0 Å². The van der Waals surface area contributed by atoms with Crippen LogP contribution in [0.1, 0.15) is 43.4 Å². The first kappa shape index (κ1) is 23.0. The maximum atomic E-state index is 6.00. The lowest BCUT2D eigenvalue weighted by Gasteiger charge is -2.22. The molecule has 3 atom stereocenters. The Morgan fingerprint density at radius 2 is 2.00 bits per heavy atom. The summed E-state index contributed by atoms with van der Waals surface area (Å²) in [6.45, 7) is 12.3. The summed E-state index contributed by atoms with van der Waals surface area (Å²) in [5, 5.41) is -0.298. The van der Waals surface area contributed by atoms with E-state index in [2.05, 4.69) is 98.6 Å². The third-order valence-corrected chi connectivity index (χ3v) is 5.08. The molecule has 7 heteroatoms. The minimum absolute atomic E-state index is 0.232. The van der Waals surface area contributed by atoms with Crippen molar-refractivity contribution in [2.75, 3.05) is 0 Å². The van der Waals surface area contributed by atoms with Crippen LogP contribution >= 0.6 is 50.3 Å². The van der Waals surface area contributed by atoms with Crippen molar-refractivity contribution < 1.29 is 4.74 Å². The first-order valence-corrected chi connectivity index (χ1v) is 11.5. The number of benzene rings is 1. The number of nitrogens with zero attached hydrogens (tertiary/aromatic N) is 2.